The molecule has 0 saturated heterocycles. The number of benzene rings is 2. The highest BCUT2D eigenvalue weighted by Gasteiger charge is 2.31. The standard InChI is InChI=1S/C17H12F3N5O4/c18-17(19,20)29-12-7-5-11(6-8-12)22-15(26)9-28-16(27)13-3-1-2-4-14(13)25-10-21-23-24-25/h1-8,10H,9H2,(H,22,26). The Labute approximate surface area is 161 Å². The average Bonchev–Trinajstić information content (AvgIpc) is 3.21. The van der Waals surface area contributed by atoms with Crippen LogP contribution in [0.5, 0.6) is 5.75 Å². The molecule has 150 valence electrons. The van der Waals surface area contributed by atoms with E-state index in [9.17, 15) is 22.8 Å². The minimum atomic E-state index is -4.81. The smallest absolute Gasteiger partial charge is 0.452 e. The van der Waals surface area contributed by atoms with Gasteiger partial charge in [-0.05, 0) is 46.8 Å². The number of aromatic nitrogens is 4. The molecule has 0 bridgehead atoms. The monoisotopic (exact) mass is 407 g/mol. The number of tetrazole rings is 1. The first-order valence-electron chi connectivity index (χ1n) is 7.97. The van der Waals surface area contributed by atoms with Gasteiger partial charge < -0.3 is 14.8 Å². The zero-order valence-electron chi connectivity index (χ0n) is 14.5. The van der Waals surface area contributed by atoms with E-state index in [1.807, 2.05) is 0 Å². The molecule has 0 aliphatic carbocycles. The molecule has 0 saturated carbocycles. The van der Waals surface area contributed by atoms with Gasteiger partial charge in [-0.3, -0.25) is 4.79 Å². The number of para-hydroxylation sites is 1. The number of anilines is 1. The Morgan fingerprint density at radius 1 is 1.07 bits per heavy atom. The number of nitrogens with zero attached hydrogens (tertiary/aromatic N) is 4. The molecule has 12 heteroatoms. The Kier molecular flexibility index (Phi) is 5.71. The lowest BCUT2D eigenvalue weighted by Crippen LogP contribution is -2.21. The number of alkyl halides is 3. The number of amides is 1. The van der Waals surface area contributed by atoms with Gasteiger partial charge in [0, 0.05) is 5.69 Å². The van der Waals surface area contributed by atoms with Crippen molar-refractivity contribution >= 4 is 17.6 Å². The lowest BCUT2D eigenvalue weighted by molar-refractivity contribution is -0.274. The van der Waals surface area contributed by atoms with Crippen LogP contribution in [0.25, 0.3) is 5.69 Å². The Morgan fingerprint density at radius 2 is 1.79 bits per heavy atom. The summed E-state index contributed by atoms with van der Waals surface area (Å²) >= 11 is 0. The molecule has 29 heavy (non-hydrogen) atoms. The molecule has 0 fully saturated rings. The molecule has 3 rings (SSSR count). The predicted molar refractivity (Wildman–Crippen MR) is 91.2 cm³/mol. The van der Waals surface area contributed by atoms with Gasteiger partial charge in [0.15, 0.2) is 6.61 Å². The summed E-state index contributed by atoms with van der Waals surface area (Å²) < 4.78 is 46.4. The molecule has 0 unspecified atom stereocenters. The second-order valence-corrected chi connectivity index (χ2v) is 5.47. The minimum absolute atomic E-state index is 0.140. The first-order valence-corrected chi connectivity index (χ1v) is 7.97. The molecule has 1 N–H and O–H groups in total. The summed E-state index contributed by atoms with van der Waals surface area (Å²) in [6.07, 6.45) is -3.51. The van der Waals surface area contributed by atoms with Crippen LogP contribution in [0.4, 0.5) is 18.9 Å². The molecule has 1 aromatic heterocycles. The highest BCUT2D eigenvalue weighted by atomic mass is 19.4. The van der Waals surface area contributed by atoms with Crippen LogP contribution in [0.1, 0.15) is 10.4 Å². The average molecular weight is 407 g/mol. The third kappa shape index (κ3) is 5.51. The second-order valence-electron chi connectivity index (χ2n) is 5.47. The minimum Gasteiger partial charge on any atom is -0.452 e. The van der Waals surface area contributed by atoms with Crippen LogP contribution in [0.3, 0.4) is 0 Å². The predicted octanol–water partition coefficient (Wildman–Crippen LogP) is 2.36. The molecule has 2 aromatic carbocycles. The van der Waals surface area contributed by atoms with Crippen LogP contribution < -0.4 is 10.1 Å². The van der Waals surface area contributed by atoms with Gasteiger partial charge >= 0.3 is 12.3 Å². The van der Waals surface area contributed by atoms with Gasteiger partial charge in [-0.2, -0.15) is 4.68 Å². The molecule has 0 radical (unpaired) electrons. The van der Waals surface area contributed by atoms with Crippen molar-refractivity contribution in [2.45, 2.75) is 6.36 Å². The number of nitrogens with one attached hydrogen (secondary N) is 1. The van der Waals surface area contributed by atoms with E-state index >= 15 is 0 Å². The number of ether oxygens (including phenoxy) is 2. The molecular weight excluding hydrogens is 395 g/mol. The molecule has 1 heterocycles. The van der Waals surface area contributed by atoms with Gasteiger partial charge in [-0.1, -0.05) is 12.1 Å². The van der Waals surface area contributed by atoms with Crippen LogP contribution >= 0.6 is 0 Å². The van der Waals surface area contributed by atoms with Gasteiger partial charge in [0.1, 0.15) is 12.1 Å². The van der Waals surface area contributed by atoms with Crippen LogP contribution in [0.2, 0.25) is 0 Å². The molecule has 0 spiro atoms. The van der Waals surface area contributed by atoms with Crippen LogP contribution in [0, 0.1) is 0 Å². The van der Waals surface area contributed by atoms with Crippen molar-refractivity contribution in [1.82, 2.24) is 20.2 Å². The lowest BCUT2D eigenvalue weighted by Gasteiger charge is -2.11. The number of rotatable bonds is 6. The second kappa shape index (κ2) is 8.37. The lowest BCUT2D eigenvalue weighted by atomic mass is 10.2. The Morgan fingerprint density at radius 3 is 2.45 bits per heavy atom. The molecule has 9 nitrogen and oxygen atoms in total. The van der Waals surface area contributed by atoms with E-state index < -0.39 is 30.6 Å². The maximum absolute atomic E-state index is 12.3. The van der Waals surface area contributed by atoms with E-state index in [0.717, 1.165) is 12.1 Å². The van der Waals surface area contributed by atoms with Gasteiger partial charge in [-0.15, -0.1) is 18.3 Å². The van der Waals surface area contributed by atoms with E-state index in [0.29, 0.717) is 5.69 Å². The number of carbonyl (C=O) groups is 2. The first kappa shape index (κ1) is 19.8. The Balaban J connectivity index is 1.57. The quantitative estimate of drug-likeness (QED) is 0.625. The summed E-state index contributed by atoms with van der Waals surface area (Å²) in [4.78, 5) is 24.2. The maximum Gasteiger partial charge on any atom is 0.573 e. The highest BCUT2D eigenvalue weighted by molar-refractivity contribution is 5.97. The zero-order chi connectivity index (χ0) is 20.9. The summed E-state index contributed by atoms with van der Waals surface area (Å²) in [7, 11) is 0. The molecule has 1 amide bonds. The van der Waals surface area contributed by atoms with Gasteiger partial charge in [0.25, 0.3) is 5.91 Å². The molecule has 0 aliphatic heterocycles. The number of carbonyl (C=O) groups excluding carboxylic acids is 2. The van der Waals surface area contributed by atoms with Crippen molar-refractivity contribution in [3.63, 3.8) is 0 Å². The van der Waals surface area contributed by atoms with Crippen molar-refractivity contribution in [2.24, 2.45) is 0 Å². The van der Waals surface area contributed by atoms with Crippen LogP contribution in [-0.4, -0.2) is 45.1 Å². The van der Waals surface area contributed by atoms with E-state index in [-0.39, 0.29) is 11.3 Å². The fourth-order valence-corrected chi connectivity index (χ4v) is 2.26. The van der Waals surface area contributed by atoms with Crippen molar-refractivity contribution in [1.29, 1.82) is 0 Å². The van der Waals surface area contributed by atoms with Crippen LogP contribution in [-0.2, 0) is 9.53 Å². The topological polar surface area (TPSA) is 108 Å². The summed E-state index contributed by atoms with van der Waals surface area (Å²) in [6, 6.07) is 10.9. The SMILES string of the molecule is O=C(COC(=O)c1ccccc1-n1cnnn1)Nc1ccc(OC(F)(F)F)cc1. The van der Waals surface area contributed by atoms with E-state index in [4.69, 9.17) is 4.74 Å². The van der Waals surface area contributed by atoms with Gasteiger partial charge in [-0.25, -0.2) is 4.79 Å². The van der Waals surface area contributed by atoms with Crippen molar-refractivity contribution in [2.75, 3.05) is 11.9 Å². The van der Waals surface area contributed by atoms with Crippen molar-refractivity contribution < 1.29 is 32.2 Å². The zero-order valence-corrected chi connectivity index (χ0v) is 14.5. The number of esters is 1. The third-order valence-corrected chi connectivity index (χ3v) is 3.43. The van der Waals surface area contributed by atoms with E-state index in [1.54, 1.807) is 18.2 Å². The summed E-state index contributed by atoms with van der Waals surface area (Å²) in [5, 5.41) is 13.1. The van der Waals surface area contributed by atoms with Crippen molar-refractivity contribution in [3.05, 3.63) is 60.4 Å². The first-order chi connectivity index (χ1) is 13.8. The fraction of sp³-hybridized carbons (Fsp3) is 0.118. The molecular formula is C17H12F3N5O4. The van der Waals surface area contributed by atoms with Gasteiger partial charge in [0.05, 0.1) is 11.3 Å². The largest absolute Gasteiger partial charge is 0.573 e. The van der Waals surface area contributed by atoms with Crippen molar-refractivity contribution in [3.8, 4) is 11.4 Å². The molecule has 0 aliphatic rings. The maximum atomic E-state index is 12.3. The fourth-order valence-electron chi connectivity index (χ4n) is 2.26. The van der Waals surface area contributed by atoms with Crippen LogP contribution in [0.15, 0.2) is 54.9 Å². The summed E-state index contributed by atoms with van der Waals surface area (Å²) in [5.74, 6) is -1.89. The van der Waals surface area contributed by atoms with E-state index in [2.05, 4.69) is 25.6 Å². The molecule has 3 aromatic rings. The number of hydrogen-bond donors (Lipinski definition) is 1. The number of halogens is 3. The molecule has 0 atom stereocenters. The van der Waals surface area contributed by atoms with Gasteiger partial charge in [0.2, 0.25) is 0 Å². The third-order valence-electron chi connectivity index (χ3n) is 3.43. The number of hydrogen-bond acceptors (Lipinski definition) is 7. The Hall–Kier alpha value is -3.96. The summed E-state index contributed by atoms with van der Waals surface area (Å²) in [6.45, 7) is -0.608. The normalized spacial score (nSPS) is 11.0. The van der Waals surface area contributed by atoms with E-state index in [1.165, 1.54) is 29.2 Å². The summed E-state index contributed by atoms with van der Waals surface area (Å²) in [5.41, 5.74) is 0.707. The Bertz CT molecular complexity index is 991. The highest BCUT2D eigenvalue weighted by Crippen LogP contribution is 2.24.